The Morgan fingerprint density at radius 3 is 1.65 bits per heavy atom. The zero-order chi connectivity index (χ0) is 64.2. The Balaban J connectivity index is 0.700. The molecule has 6 aliphatic heterocycles. The maximum atomic E-state index is 14.2. The number of allylic oxidation sites excluding steroid dienone is 12. The van der Waals surface area contributed by atoms with Crippen LogP contribution in [0.5, 0.6) is 17.2 Å². The summed E-state index contributed by atoms with van der Waals surface area (Å²) < 4.78 is 19.9. The molecule has 6 aromatic rings. The summed E-state index contributed by atoms with van der Waals surface area (Å²) in [6, 6.07) is 19.2. The van der Waals surface area contributed by atoms with Gasteiger partial charge >= 0.3 is 0 Å². The van der Waals surface area contributed by atoms with E-state index in [1.165, 1.54) is 25.3 Å². The summed E-state index contributed by atoms with van der Waals surface area (Å²) in [4.78, 5) is 89.4. The molecule has 6 atom stereocenters. The number of methoxy groups -OCH3 is 1. The van der Waals surface area contributed by atoms with Gasteiger partial charge in [0.25, 0.3) is 0 Å². The maximum absolute atomic E-state index is 14.2. The molecule has 0 spiro atoms. The van der Waals surface area contributed by atoms with E-state index in [1.807, 2.05) is 114 Å². The Morgan fingerprint density at radius 2 is 1.15 bits per heavy atom. The third-order valence-electron chi connectivity index (χ3n) is 17.9. The standard InChI is InChI=1S/C72H59N9O12/c1-38-67(85)53(34-58(92-38)93-55-36-72(90,56(83)37-82)35-44-64(55)71(89)66-65(69(44)87)68(86)43-6-5-7-54(91-2)63(43)70(66)88)80-57(84)8-3-4-31-81-32-23-42(24-33-81)62-51-15-13-49(78-51)60(40-19-27-74-28-20-40)47-11-9-45(76-47)59(39-17-25-73-26-18-39)46-10-12-48(77-46)61(41-21-29-75-30-22-41)50-14-16-52(62)79-50/h5-7,9-30,32-33,38,53,55,58,67,82,85,90H,3-4,8,31,34-37H2,1-2H3,(H2,76,77,78,79,80,84)/p+1/t38-,53+,55-,58-,67+,72-/m0/s1. The van der Waals surface area contributed by atoms with Crippen LogP contribution in [0, 0.1) is 0 Å². The van der Waals surface area contributed by atoms with Crippen LogP contribution in [-0.4, -0.2) is 130 Å². The topological polar surface area (TPSA) is 301 Å². The number of fused-ring (bicyclic) bond motifs is 7. The number of phenolic OH excluding ortho intramolecular Hbond substituents is 2. The number of rotatable bonds is 15. The lowest BCUT2D eigenvalue weighted by Crippen LogP contribution is -2.55. The first-order valence-corrected chi connectivity index (χ1v) is 30.5. The smallest absolute Gasteiger partial charge is 0.220 e. The molecular weight excluding hydrogens is 1180 g/mol. The van der Waals surface area contributed by atoms with Crippen molar-refractivity contribution in [2.45, 2.75) is 88.2 Å². The van der Waals surface area contributed by atoms with E-state index in [1.54, 1.807) is 44.1 Å². The van der Waals surface area contributed by atoms with E-state index in [0.717, 1.165) is 67.4 Å². The van der Waals surface area contributed by atoms with Crippen LogP contribution in [0.2, 0.25) is 0 Å². The minimum atomic E-state index is -2.37. The fraction of sp³-hybridized carbons (Fsp3) is 0.222. The maximum Gasteiger partial charge on any atom is 0.220 e. The predicted octanol–water partition coefficient (Wildman–Crippen LogP) is 7.50. The number of amides is 1. The molecule has 1 amide bonds. The Hall–Kier alpha value is -10.7. The van der Waals surface area contributed by atoms with E-state index in [9.17, 15) is 44.7 Å². The van der Waals surface area contributed by atoms with Crippen LogP contribution < -0.4 is 14.6 Å². The number of hydrogen-bond acceptors (Lipinski definition) is 19. The van der Waals surface area contributed by atoms with Crippen molar-refractivity contribution in [3.63, 3.8) is 0 Å². The van der Waals surface area contributed by atoms with E-state index < -0.39 is 95.7 Å². The summed E-state index contributed by atoms with van der Waals surface area (Å²) in [5.74, 6) is -4.42. The average molecular weight is 1240 g/mol. The number of ketones is 3. The molecule has 21 nitrogen and oxygen atoms in total. The number of carbonyl (C=O) groups excluding carboxylic acids is 4. The number of phenols is 2. The van der Waals surface area contributed by atoms with Crippen LogP contribution in [0.3, 0.4) is 0 Å². The Kier molecular flexibility index (Phi) is 15.8. The number of nitrogens with one attached hydrogen (secondary N) is 1. The number of hydrogen-bond donors (Lipinski definition) is 6. The first kappa shape index (κ1) is 59.9. The number of aliphatic hydroxyl groups is 3. The second kappa shape index (κ2) is 24.5. The number of nitrogens with zero attached hydrogens (tertiary/aromatic N) is 8. The quantitative estimate of drug-likeness (QED) is 0.0329. The highest BCUT2D eigenvalue weighted by atomic mass is 16.7. The number of aryl methyl sites for hydroxylation is 1. The predicted molar refractivity (Wildman–Crippen MR) is 343 cm³/mol. The van der Waals surface area contributed by atoms with Crippen molar-refractivity contribution >= 4 is 68.4 Å². The zero-order valence-electron chi connectivity index (χ0n) is 50.3. The molecule has 14 rings (SSSR count). The number of unbranched alkanes of at least 4 members (excludes halogenated alkanes) is 1. The molecular formula is C72H60N9O12+. The number of carbonyl (C=O) groups is 4. The molecule has 2 aliphatic carbocycles. The average Bonchev–Trinajstić information content (AvgIpc) is 1.31. The number of aliphatic imine (C=N–C) groups is 4. The Morgan fingerprint density at radius 1 is 0.656 bits per heavy atom. The Labute approximate surface area is 532 Å². The van der Waals surface area contributed by atoms with Crippen LogP contribution in [0.15, 0.2) is 208 Å². The largest absolute Gasteiger partial charge is 0.507 e. The van der Waals surface area contributed by atoms with E-state index in [2.05, 4.69) is 20.3 Å². The fourth-order valence-corrected chi connectivity index (χ4v) is 13.3. The van der Waals surface area contributed by atoms with Gasteiger partial charge in [-0.25, -0.2) is 24.5 Å². The van der Waals surface area contributed by atoms with E-state index in [-0.39, 0.29) is 46.8 Å². The number of ether oxygens (including phenoxy) is 3. The molecule has 8 bridgehead atoms. The van der Waals surface area contributed by atoms with Gasteiger partial charge in [-0.1, -0.05) is 12.1 Å². The van der Waals surface area contributed by atoms with Crippen LogP contribution in [0.4, 0.5) is 0 Å². The SMILES string of the molecule is COc1cccc2c1C(=O)c1c(O)c3c(c(O)c1C2=O)C[C@@](O)(C(=O)CO)C[C@@H]3O[C@H]1C[C@@H](NC(=O)CCCC[n+]2ccc(C3=C4C=CC(=N4)C(c4ccncc4)=C4C=CC(=N4)C(c4ccncc4)=C4C=CC(=N4)C(c4ccncc4)=C4C=CC3=N4)cc2)[C@H](O)[C@H](C)O1. The first-order chi connectivity index (χ1) is 45.2. The van der Waals surface area contributed by atoms with Crippen molar-refractivity contribution in [2.24, 2.45) is 20.0 Å². The van der Waals surface area contributed by atoms with Crippen LogP contribution >= 0.6 is 0 Å². The van der Waals surface area contributed by atoms with Gasteiger partial charge in [-0.15, -0.1) is 0 Å². The van der Waals surface area contributed by atoms with Crippen molar-refractivity contribution in [2.75, 3.05) is 13.7 Å². The Bertz CT molecular complexity index is 4540. The zero-order valence-corrected chi connectivity index (χ0v) is 50.3. The van der Waals surface area contributed by atoms with Gasteiger partial charge in [0.1, 0.15) is 42.1 Å². The molecule has 2 aromatic carbocycles. The van der Waals surface area contributed by atoms with Crippen LogP contribution in [-0.2, 0) is 32.0 Å². The first-order valence-electron chi connectivity index (χ1n) is 30.5. The van der Waals surface area contributed by atoms with Gasteiger partial charge in [-0.3, -0.25) is 34.1 Å². The molecule has 8 aliphatic rings. The highest BCUT2D eigenvalue weighted by Crippen LogP contribution is 2.53. The number of aromatic hydroxyl groups is 2. The van der Waals surface area contributed by atoms with Gasteiger partial charge in [0.15, 0.2) is 30.3 Å². The molecule has 0 saturated carbocycles. The summed E-state index contributed by atoms with van der Waals surface area (Å²) in [5, 5.41) is 59.9. The highest BCUT2D eigenvalue weighted by Gasteiger charge is 2.51. The molecule has 6 N–H and O–H groups in total. The summed E-state index contributed by atoms with van der Waals surface area (Å²) in [5.41, 5.74) is 8.45. The van der Waals surface area contributed by atoms with Crippen molar-refractivity contribution < 1.29 is 63.5 Å². The molecule has 1 fully saturated rings. The van der Waals surface area contributed by atoms with Gasteiger partial charge in [0, 0.05) is 120 Å². The molecule has 464 valence electrons. The number of aliphatic hydroxyl groups excluding tert-OH is 2. The number of benzene rings is 2. The molecule has 4 aromatic heterocycles. The number of aromatic nitrogens is 4. The summed E-state index contributed by atoms with van der Waals surface area (Å²) in [7, 11) is 1.32. The van der Waals surface area contributed by atoms with Crippen molar-refractivity contribution in [1.82, 2.24) is 20.3 Å². The van der Waals surface area contributed by atoms with Gasteiger partial charge < -0.3 is 45.1 Å². The molecule has 21 heteroatoms. The van der Waals surface area contributed by atoms with Gasteiger partial charge in [0.2, 0.25) is 11.7 Å². The molecule has 93 heavy (non-hydrogen) atoms. The lowest BCUT2D eigenvalue weighted by molar-refractivity contribution is -0.697. The number of pyridine rings is 4. The van der Waals surface area contributed by atoms with Gasteiger partial charge in [0.05, 0.1) is 87.7 Å². The van der Waals surface area contributed by atoms with Gasteiger partial charge in [-0.05, 0) is 127 Å². The normalized spacial score (nSPS) is 22.6. The summed E-state index contributed by atoms with van der Waals surface area (Å²) in [6.07, 6.45) is 25.5. The minimum Gasteiger partial charge on any atom is -0.507 e. The third-order valence-corrected chi connectivity index (χ3v) is 17.9. The third kappa shape index (κ3) is 10.9. The summed E-state index contributed by atoms with van der Waals surface area (Å²) in [6.45, 7) is 1.05. The lowest BCUT2D eigenvalue weighted by atomic mass is 9.72. The van der Waals surface area contributed by atoms with Crippen molar-refractivity contribution in [1.29, 1.82) is 0 Å². The van der Waals surface area contributed by atoms with E-state index in [4.69, 9.17) is 34.2 Å². The fourth-order valence-electron chi connectivity index (χ4n) is 13.3. The second-order valence-electron chi connectivity index (χ2n) is 23.5. The molecule has 1 saturated heterocycles. The lowest BCUT2D eigenvalue weighted by Gasteiger charge is -2.43. The van der Waals surface area contributed by atoms with Crippen LogP contribution in [0.1, 0.15) is 110 Å². The van der Waals surface area contributed by atoms with Crippen molar-refractivity contribution in [3.05, 3.63) is 243 Å². The molecule has 0 unspecified atom stereocenters. The second-order valence-corrected chi connectivity index (χ2v) is 23.5. The number of Topliss-reactive ketones (excluding diaryl/α,β-unsaturated/α-hetero) is 1. The molecule has 10 heterocycles. The van der Waals surface area contributed by atoms with Crippen molar-refractivity contribution in [3.8, 4) is 17.2 Å². The van der Waals surface area contributed by atoms with E-state index in [0.29, 0.717) is 42.2 Å². The van der Waals surface area contributed by atoms with Gasteiger partial charge in [-0.2, -0.15) is 0 Å². The minimum absolute atomic E-state index is 0.0590. The highest BCUT2D eigenvalue weighted by molar-refractivity contribution is 6.40. The van der Waals surface area contributed by atoms with Crippen LogP contribution in [0.25, 0.3) is 22.3 Å². The van der Waals surface area contributed by atoms with E-state index >= 15 is 0 Å². The monoisotopic (exact) mass is 1240 g/mol. The molecule has 0 radical (unpaired) electrons. The summed E-state index contributed by atoms with van der Waals surface area (Å²) >= 11 is 0.